The summed E-state index contributed by atoms with van der Waals surface area (Å²) in [5, 5.41) is 1.28. The summed E-state index contributed by atoms with van der Waals surface area (Å²) >= 11 is 0. The second-order valence-electron chi connectivity index (χ2n) is 9.44. The van der Waals surface area contributed by atoms with E-state index in [0.29, 0.717) is 32.8 Å². The molecular weight excluding hydrogens is 416 g/mol. The fourth-order valence-corrected chi connectivity index (χ4v) is 5.79. The fourth-order valence-electron chi connectivity index (χ4n) is 5.79. The zero-order chi connectivity index (χ0) is 22.4. The smallest absolute Gasteiger partial charge is 0.227 e. The van der Waals surface area contributed by atoms with Crippen LogP contribution < -0.4 is 0 Å². The van der Waals surface area contributed by atoms with Gasteiger partial charge < -0.3 is 19.5 Å². The number of nitrogens with zero attached hydrogens (tertiary/aromatic N) is 3. The lowest BCUT2D eigenvalue weighted by Crippen LogP contribution is -2.50. The zero-order valence-corrected chi connectivity index (χ0v) is 18.6. The van der Waals surface area contributed by atoms with Gasteiger partial charge in [0.2, 0.25) is 11.8 Å². The first-order valence-corrected chi connectivity index (χ1v) is 11.8. The third-order valence-electron chi connectivity index (χ3n) is 7.53. The van der Waals surface area contributed by atoms with Crippen molar-refractivity contribution < 1.29 is 14.3 Å². The van der Waals surface area contributed by atoms with Crippen LogP contribution in [0.4, 0.5) is 0 Å². The van der Waals surface area contributed by atoms with Crippen molar-refractivity contribution in [2.45, 2.75) is 37.8 Å². The number of fused-ring (bicyclic) bond motifs is 4. The van der Waals surface area contributed by atoms with Crippen LogP contribution in [-0.4, -0.2) is 57.8 Å². The van der Waals surface area contributed by atoms with E-state index in [-0.39, 0.29) is 29.8 Å². The average Bonchev–Trinajstić information content (AvgIpc) is 3.41. The molecule has 7 nitrogen and oxygen atoms in total. The minimum Gasteiger partial charge on any atom is -0.368 e. The number of nitrogens with one attached hydrogen (secondary N) is 1. The highest BCUT2D eigenvalue weighted by molar-refractivity contribution is 5.89. The minimum atomic E-state index is -0.347. The summed E-state index contributed by atoms with van der Waals surface area (Å²) in [5.74, 6) is -0.147. The zero-order valence-electron chi connectivity index (χ0n) is 18.6. The summed E-state index contributed by atoms with van der Waals surface area (Å²) in [6.07, 6.45) is 4.48. The number of likely N-dealkylation sites (tertiary alicyclic amines) is 2. The first-order chi connectivity index (χ1) is 16.1. The molecule has 2 fully saturated rings. The average molecular weight is 445 g/mol. The summed E-state index contributed by atoms with van der Waals surface area (Å²) < 4.78 is 6.38. The van der Waals surface area contributed by atoms with Gasteiger partial charge in [-0.1, -0.05) is 24.3 Å². The van der Waals surface area contributed by atoms with E-state index >= 15 is 0 Å². The molecule has 5 heterocycles. The lowest BCUT2D eigenvalue weighted by atomic mass is 9.83. The van der Waals surface area contributed by atoms with E-state index in [1.165, 1.54) is 16.6 Å². The first kappa shape index (κ1) is 20.4. The Morgan fingerprint density at radius 1 is 1.15 bits per heavy atom. The van der Waals surface area contributed by atoms with Crippen molar-refractivity contribution in [1.82, 2.24) is 19.8 Å². The number of aromatic nitrogens is 2. The van der Waals surface area contributed by atoms with Gasteiger partial charge >= 0.3 is 0 Å². The van der Waals surface area contributed by atoms with Crippen molar-refractivity contribution >= 4 is 22.7 Å². The summed E-state index contributed by atoms with van der Waals surface area (Å²) in [5.41, 5.74) is 4.22. The van der Waals surface area contributed by atoms with Crippen LogP contribution in [0.3, 0.4) is 0 Å². The number of H-pyrrole nitrogens is 1. The van der Waals surface area contributed by atoms with Gasteiger partial charge in [0.1, 0.15) is 5.60 Å². The highest BCUT2D eigenvalue weighted by Crippen LogP contribution is 2.43. The Kier molecular flexibility index (Phi) is 4.94. The van der Waals surface area contributed by atoms with Gasteiger partial charge in [-0.25, -0.2) is 0 Å². The first-order valence-electron chi connectivity index (χ1n) is 11.8. The normalized spacial score (nSPS) is 22.2. The summed E-state index contributed by atoms with van der Waals surface area (Å²) in [6.45, 7) is 2.95. The van der Waals surface area contributed by atoms with Gasteiger partial charge in [-0.3, -0.25) is 14.6 Å². The molecule has 2 amide bonds. The van der Waals surface area contributed by atoms with Crippen molar-refractivity contribution in [1.29, 1.82) is 0 Å². The van der Waals surface area contributed by atoms with Crippen LogP contribution in [-0.2, 0) is 32.9 Å². The predicted molar refractivity (Wildman–Crippen MR) is 123 cm³/mol. The van der Waals surface area contributed by atoms with Gasteiger partial charge in [0, 0.05) is 43.2 Å². The molecule has 0 aliphatic carbocycles. The van der Waals surface area contributed by atoms with E-state index in [0.717, 1.165) is 30.5 Å². The van der Waals surface area contributed by atoms with Gasteiger partial charge in [-0.15, -0.1) is 0 Å². The molecule has 1 N–H and O–H groups in total. The Hall–Kier alpha value is -3.19. The number of hydrogen-bond acceptors (Lipinski definition) is 4. The van der Waals surface area contributed by atoms with Crippen LogP contribution >= 0.6 is 0 Å². The molecule has 170 valence electrons. The number of rotatable bonds is 3. The summed E-state index contributed by atoms with van der Waals surface area (Å²) in [4.78, 5) is 37.5. The van der Waals surface area contributed by atoms with Gasteiger partial charge in [0.25, 0.3) is 0 Å². The molecule has 1 unspecified atom stereocenters. The molecule has 6 rings (SSSR count). The maximum atomic E-state index is 13.3. The van der Waals surface area contributed by atoms with E-state index in [9.17, 15) is 9.59 Å². The molecular formula is C26H28N4O3. The quantitative estimate of drug-likeness (QED) is 0.674. The Morgan fingerprint density at radius 2 is 1.97 bits per heavy atom. The molecule has 2 saturated heterocycles. The molecule has 2 aromatic heterocycles. The molecule has 1 atom stereocenters. The number of ether oxygens (including phenoxy) is 1. The number of carbonyl (C=O) groups is 2. The molecule has 3 aromatic rings. The maximum Gasteiger partial charge on any atom is 0.227 e. The lowest BCUT2D eigenvalue weighted by molar-refractivity contribution is -0.145. The Labute approximate surface area is 192 Å². The van der Waals surface area contributed by atoms with Crippen molar-refractivity contribution in [2.75, 3.05) is 26.2 Å². The van der Waals surface area contributed by atoms with Crippen LogP contribution in [0.2, 0.25) is 0 Å². The molecule has 33 heavy (non-hydrogen) atoms. The summed E-state index contributed by atoms with van der Waals surface area (Å²) in [7, 11) is 0. The largest absolute Gasteiger partial charge is 0.368 e. The van der Waals surface area contributed by atoms with Gasteiger partial charge in [-0.05, 0) is 43.0 Å². The van der Waals surface area contributed by atoms with E-state index in [1.807, 2.05) is 23.1 Å². The topological polar surface area (TPSA) is 78.5 Å². The standard InChI is InChI=1S/C26H28N4O3/c31-23-15-18(16-30(23)17-19-5-3-4-11-27-19)25(32)29-12-9-26(10-13-29)24-21(8-14-33-26)20-6-1-2-7-22(20)28-24/h1-7,11,18,28H,8-10,12-17H2. The van der Waals surface area contributed by atoms with Gasteiger partial charge in [0.05, 0.1) is 30.5 Å². The highest BCUT2D eigenvalue weighted by atomic mass is 16.5. The Balaban J connectivity index is 1.14. The van der Waals surface area contributed by atoms with Crippen LogP contribution in [0.15, 0.2) is 48.7 Å². The SMILES string of the molecule is O=C1CC(C(=O)N2CCC3(CC2)OCCc2c3[nH]c3ccccc23)CN1Cc1ccccn1. The van der Waals surface area contributed by atoms with Crippen molar-refractivity contribution in [3.8, 4) is 0 Å². The van der Waals surface area contributed by atoms with Crippen molar-refractivity contribution in [3.05, 3.63) is 65.6 Å². The van der Waals surface area contributed by atoms with Crippen molar-refractivity contribution in [3.63, 3.8) is 0 Å². The van der Waals surface area contributed by atoms with Crippen LogP contribution in [0, 0.1) is 5.92 Å². The second-order valence-corrected chi connectivity index (χ2v) is 9.44. The van der Waals surface area contributed by atoms with E-state index in [1.54, 1.807) is 11.1 Å². The van der Waals surface area contributed by atoms with Crippen LogP contribution in [0.25, 0.3) is 10.9 Å². The molecule has 7 heteroatoms. The van der Waals surface area contributed by atoms with Crippen molar-refractivity contribution in [2.24, 2.45) is 5.92 Å². The van der Waals surface area contributed by atoms with Gasteiger partial charge in [-0.2, -0.15) is 0 Å². The fraction of sp³-hybridized carbons (Fsp3) is 0.423. The van der Waals surface area contributed by atoms with E-state index < -0.39 is 0 Å². The molecule has 3 aliphatic rings. The Morgan fingerprint density at radius 3 is 2.79 bits per heavy atom. The molecule has 3 aliphatic heterocycles. The van der Waals surface area contributed by atoms with E-state index in [2.05, 4.69) is 34.2 Å². The number of benzene rings is 1. The predicted octanol–water partition coefficient (Wildman–Crippen LogP) is 3.00. The lowest BCUT2D eigenvalue weighted by Gasteiger charge is -2.44. The molecule has 0 bridgehead atoms. The third kappa shape index (κ3) is 3.51. The Bertz CT molecular complexity index is 1200. The maximum absolute atomic E-state index is 13.3. The number of amides is 2. The number of aromatic amines is 1. The number of piperidine rings is 1. The number of para-hydroxylation sites is 1. The number of carbonyl (C=O) groups excluding carboxylic acids is 2. The summed E-state index contributed by atoms with van der Waals surface area (Å²) in [6, 6.07) is 14.1. The van der Waals surface area contributed by atoms with Gasteiger partial charge in [0.15, 0.2) is 0 Å². The minimum absolute atomic E-state index is 0.0332. The van der Waals surface area contributed by atoms with E-state index in [4.69, 9.17) is 4.74 Å². The number of pyridine rings is 1. The molecule has 0 saturated carbocycles. The second kappa shape index (κ2) is 7.99. The number of hydrogen-bond donors (Lipinski definition) is 1. The van der Waals surface area contributed by atoms with Crippen LogP contribution in [0.5, 0.6) is 0 Å². The molecule has 1 aromatic carbocycles. The molecule has 0 radical (unpaired) electrons. The highest BCUT2D eigenvalue weighted by Gasteiger charge is 2.45. The third-order valence-corrected chi connectivity index (χ3v) is 7.53. The van der Waals surface area contributed by atoms with Crippen LogP contribution in [0.1, 0.15) is 36.2 Å². The monoisotopic (exact) mass is 444 g/mol. The molecule has 1 spiro atoms.